The topological polar surface area (TPSA) is 48.7 Å². The number of ether oxygens (including phenoxy) is 2. The maximum Gasteiger partial charge on any atom is 0.200 e. The van der Waals surface area contributed by atoms with Crippen molar-refractivity contribution in [3.8, 4) is 22.6 Å². The van der Waals surface area contributed by atoms with E-state index in [-0.39, 0.29) is 11.0 Å². The molecule has 156 valence electrons. The maximum atomic E-state index is 13.2. The average molecular weight is 412 g/mol. The summed E-state index contributed by atoms with van der Waals surface area (Å²) in [4.78, 5) is 13.2. The van der Waals surface area contributed by atoms with Gasteiger partial charge in [0.1, 0.15) is 35.6 Å². The molecule has 31 heavy (non-hydrogen) atoms. The summed E-state index contributed by atoms with van der Waals surface area (Å²) in [6.07, 6.45) is 3.42. The van der Waals surface area contributed by atoms with Crippen molar-refractivity contribution in [2.24, 2.45) is 0 Å². The third kappa shape index (κ3) is 3.93. The van der Waals surface area contributed by atoms with E-state index in [1.54, 1.807) is 18.4 Å². The smallest absolute Gasteiger partial charge is 0.200 e. The molecule has 3 aromatic carbocycles. The number of aryl methyl sites for hydroxylation is 1. The number of hydrogen-bond acceptors (Lipinski definition) is 4. The van der Waals surface area contributed by atoms with E-state index in [1.165, 1.54) is 0 Å². The summed E-state index contributed by atoms with van der Waals surface area (Å²) in [5, 5.41) is 0.541. The van der Waals surface area contributed by atoms with Gasteiger partial charge in [0.05, 0.1) is 10.9 Å². The number of benzene rings is 3. The molecule has 0 atom stereocenters. The van der Waals surface area contributed by atoms with Crippen LogP contribution < -0.4 is 14.9 Å². The number of fused-ring (bicyclic) bond motifs is 2. The van der Waals surface area contributed by atoms with Crippen LogP contribution >= 0.6 is 0 Å². The first-order valence-electron chi connectivity index (χ1n) is 10.5. The van der Waals surface area contributed by atoms with E-state index in [9.17, 15) is 4.79 Å². The maximum absolute atomic E-state index is 13.2. The van der Waals surface area contributed by atoms with Crippen LogP contribution in [0.2, 0.25) is 0 Å². The van der Waals surface area contributed by atoms with Gasteiger partial charge in [-0.05, 0) is 67.6 Å². The lowest BCUT2D eigenvalue weighted by Crippen LogP contribution is -2.32. The predicted molar refractivity (Wildman–Crippen MR) is 122 cm³/mol. The second-order valence-corrected chi connectivity index (χ2v) is 8.59. The number of rotatable bonds is 4. The zero-order valence-corrected chi connectivity index (χ0v) is 17.7. The van der Waals surface area contributed by atoms with Gasteiger partial charge in [-0.1, -0.05) is 36.4 Å². The third-order valence-corrected chi connectivity index (χ3v) is 5.75. The fraction of sp³-hybridized carbons (Fsp3) is 0.222. The van der Waals surface area contributed by atoms with E-state index < -0.39 is 0 Å². The molecule has 0 N–H and O–H groups in total. The SMILES string of the molecule is CC1(C)CCc2cc(-c3coc4cc(OCc5ccccc5)ccc4c3=O)ccc2O1. The molecule has 1 aromatic heterocycles. The van der Waals surface area contributed by atoms with Gasteiger partial charge < -0.3 is 13.9 Å². The molecule has 0 amide bonds. The van der Waals surface area contributed by atoms with Crippen molar-refractivity contribution >= 4 is 11.0 Å². The Balaban J connectivity index is 1.43. The predicted octanol–water partition coefficient (Wildman–Crippen LogP) is 6.14. The summed E-state index contributed by atoms with van der Waals surface area (Å²) in [6, 6.07) is 21.2. The van der Waals surface area contributed by atoms with Gasteiger partial charge >= 0.3 is 0 Å². The highest BCUT2D eigenvalue weighted by atomic mass is 16.5. The van der Waals surface area contributed by atoms with Crippen LogP contribution in [-0.4, -0.2) is 5.60 Å². The Morgan fingerprint density at radius 1 is 1.00 bits per heavy atom. The van der Waals surface area contributed by atoms with E-state index in [0.717, 1.165) is 35.3 Å². The second kappa shape index (κ2) is 7.62. The van der Waals surface area contributed by atoms with Crippen molar-refractivity contribution in [1.29, 1.82) is 0 Å². The van der Waals surface area contributed by atoms with Gasteiger partial charge in [-0.15, -0.1) is 0 Å². The molecule has 0 spiro atoms. The highest BCUT2D eigenvalue weighted by Crippen LogP contribution is 2.35. The molecule has 4 nitrogen and oxygen atoms in total. The molecule has 0 saturated heterocycles. The molecular formula is C27H24O4. The van der Waals surface area contributed by atoms with Crippen LogP contribution in [0.5, 0.6) is 11.5 Å². The van der Waals surface area contributed by atoms with Gasteiger partial charge in [0.2, 0.25) is 0 Å². The van der Waals surface area contributed by atoms with Crippen LogP contribution in [0.15, 0.2) is 82.2 Å². The lowest BCUT2D eigenvalue weighted by Gasteiger charge is -2.32. The monoisotopic (exact) mass is 412 g/mol. The van der Waals surface area contributed by atoms with Crippen molar-refractivity contribution in [2.75, 3.05) is 0 Å². The zero-order valence-electron chi connectivity index (χ0n) is 17.7. The lowest BCUT2D eigenvalue weighted by atomic mass is 9.92. The molecule has 0 bridgehead atoms. The van der Waals surface area contributed by atoms with E-state index in [4.69, 9.17) is 13.9 Å². The van der Waals surface area contributed by atoms with Crippen LogP contribution in [0.4, 0.5) is 0 Å². The van der Waals surface area contributed by atoms with Gasteiger partial charge in [-0.25, -0.2) is 0 Å². The average Bonchev–Trinajstić information content (AvgIpc) is 2.78. The molecule has 0 aliphatic carbocycles. The first-order valence-corrected chi connectivity index (χ1v) is 10.5. The van der Waals surface area contributed by atoms with Crippen molar-refractivity contribution in [1.82, 2.24) is 0 Å². The molecule has 1 aliphatic heterocycles. The van der Waals surface area contributed by atoms with E-state index in [0.29, 0.717) is 28.9 Å². The largest absolute Gasteiger partial charge is 0.489 e. The Kier molecular flexibility index (Phi) is 4.78. The molecule has 2 heterocycles. The van der Waals surface area contributed by atoms with Crippen molar-refractivity contribution < 1.29 is 13.9 Å². The van der Waals surface area contributed by atoms with E-state index in [1.807, 2.05) is 54.6 Å². The highest BCUT2D eigenvalue weighted by molar-refractivity contribution is 5.82. The fourth-order valence-corrected chi connectivity index (χ4v) is 3.96. The fourth-order valence-electron chi connectivity index (χ4n) is 3.96. The summed E-state index contributed by atoms with van der Waals surface area (Å²) in [5.41, 5.74) is 3.92. The summed E-state index contributed by atoms with van der Waals surface area (Å²) < 4.78 is 17.8. The van der Waals surface area contributed by atoms with Gasteiger partial charge in [0.25, 0.3) is 0 Å². The molecule has 0 radical (unpaired) electrons. The summed E-state index contributed by atoms with van der Waals surface area (Å²) in [5.74, 6) is 1.56. The van der Waals surface area contributed by atoms with Crippen LogP contribution in [0, 0.1) is 0 Å². The van der Waals surface area contributed by atoms with Gasteiger partial charge in [-0.3, -0.25) is 4.79 Å². The van der Waals surface area contributed by atoms with Gasteiger partial charge in [-0.2, -0.15) is 0 Å². The van der Waals surface area contributed by atoms with Gasteiger partial charge in [0, 0.05) is 6.07 Å². The molecular weight excluding hydrogens is 388 g/mol. The highest BCUT2D eigenvalue weighted by Gasteiger charge is 2.26. The zero-order chi connectivity index (χ0) is 21.4. The Morgan fingerprint density at radius 2 is 1.84 bits per heavy atom. The van der Waals surface area contributed by atoms with Crippen LogP contribution in [-0.2, 0) is 13.0 Å². The second-order valence-electron chi connectivity index (χ2n) is 8.59. The molecule has 4 heteroatoms. The lowest BCUT2D eigenvalue weighted by molar-refractivity contribution is 0.0847. The normalized spacial score (nSPS) is 14.6. The molecule has 0 fully saturated rings. The summed E-state index contributed by atoms with van der Waals surface area (Å²) >= 11 is 0. The molecule has 1 aliphatic rings. The van der Waals surface area contributed by atoms with E-state index >= 15 is 0 Å². The van der Waals surface area contributed by atoms with Gasteiger partial charge in [0.15, 0.2) is 5.43 Å². The van der Waals surface area contributed by atoms with Crippen LogP contribution in [0.25, 0.3) is 22.1 Å². The van der Waals surface area contributed by atoms with E-state index in [2.05, 4.69) is 13.8 Å². The third-order valence-electron chi connectivity index (χ3n) is 5.75. The molecule has 0 saturated carbocycles. The minimum atomic E-state index is -0.156. The Labute approximate surface area is 181 Å². The summed E-state index contributed by atoms with van der Waals surface area (Å²) in [6.45, 7) is 4.65. The Hall–Kier alpha value is -3.53. The minimum Gasteiger partial charge on any atom is -0.489 e. The molecule has 4 aromatic rings. The van der Waals surface area contributed by atoms with Crippen molar-refractivity contribution in [3.05, 3.63) is 94.3 Å². The quantitative estimate of drug-likeness (QED) is 0.404. The first-order chi connectivity index (χ1) is 15.0. The Bertz CT molecular complexity index is 1300. The standard InChI is InChI=1S/C27H24O4/c1-27(2)13-12-20-14-19(8-11-24(20)31-27)23-17-30-25-15-21(9-10-22(25)26(23)28)29-16-18-6-4-3-5-7-18/h3-11,14-15,17H,12-13,16H2,1-2H3. The van der Waals surface area contributed by atoms with Crippen molar-refractivity contribution in [2.45, 2.75) is 38.9 Å². The summed E-state index contributed by atoms with van der Waals surface area (Å²) in [7, 11) is 0. The van der Waals surface area contributed by atoms with Crippen molar-refractivity contribution in [3.63, 3.8) is 0 Å². The first kappa shape index (κ1) is 19.4. The number of hydrogen-bond donors (Lipinski definition) is 0. The van der Waals surface area contributed by atoms with Crippen LogP contribution in [0.3, 0.4) is 0 Å². The van der Waals surface area contributed by atoms with Crippen LogP contribution in [0.1, 0.15) is 31.4 Å². The Morgan fingerprint density at radius 3 is 2.68 bits per heavy atom. The molecule has 5 rings (SSSR count). The molecule has 0 unspecified atom stereocenters. The minimum absolute atomic E-state index is 0.0483.